The minimum atomic E-state index is -0.0755. The van der Waals surface area contributed by atoms with Crippen molar-refractivity contribution in [1.29, 1.82) is 0 Å². The van der Waals surface area contributed by atoms with Crippen LogP contribution in [0.3, 0.4) is 0 Å². The number of carbonyl (C=O) groups excluding carboxylic acids is 2. The van der Waals surface area contributed by atoms with E-state index in [-0.39, 0.29) is 11.8 Å². The number of amides is 2. The lowest BCUT2D eigenvalue weighted by Crippen LogP contribution is -2.39. The molecule has 2 rings (SSSR count). The largest absolute Gasteiger partial charge is 0.376 e. The van der Waals surface area contributed by atoms with E-state index in [0.29, 0.717) is 18.7 Å². The second-order valence-corrected chi connectivity index (χ2v) is 5.23. The highest BCUT2D eigenvalue weighted by atomic mass is 16.2. The zero-order chi connectivity index (χ0) is 15.1. The minimum absolute atomic E-state index is 0.0755. The van der Waals surface area contributed by atoms with E-state index >= 15 is 0 Å². The van der Waals surface area contributed by atoms with Crippen LogP contribution in [0, 0.1) is 0 Å². The summed E-state index contributed by atoms with van der Waals surface area (Å²) in [6.07, 6.45) is 3.43. The summed E-state index contributed by atoms with van der Waals surface area (Å²) in [5.74, 6) is 0.0657. The standard InChI is InChI=1S/C16H23N3O2/c1-2-17-16(21)13-6-8-14(9-7-13)18-12-15(20)19-10-4-3-5-11-19/h6-9,18H,2-5,10-12H2,1H3,(H,17,21). The zero-order valence-electron chi connectivity index (χ0n) is 12.5. The van der Waals surface area contributed by atoms with E-state index in [2.05, 4.69) is 10.6 Å². The summed E-state index contributed by atoms with van der Waals surface area (Å²) in [4.78, 5) is 25.6. The van der Waals surface area contributed by atoms with Crippen LogP contribution in [-0.4, -0.2) is 42.9 Å². The smallest absolute Gasteiger partial charge is 0.251 e. The van der Waals surface area contributed by atoms with E-state index in [4.69, 9.17) is 0 Å². The van der Waals surface area contributed by atoms with Crippen LogP contribution < -0.4 is 10.6 Å². The third kappa shape index (κ3) is 4.48. The number of piperidine rings is 1. The van der Waals surface area contributed by atoms with Gasteiger partial charge in [-0.25, -0.2) is 0 Å². The number of nitrogens with one attached hydrogen (secondary N) is 2. The normalized spacial score (nSPS) is 14.6. The summed E-state index contributed by atoms with van der Waals surface area (Å²) in [6, 6.07) is 7.18. The SMILES string of the molecule is CCNC(=O)c1ccc(NCC(=O)N2CCCCC2)cc1. The number of nitrogens with zero attached hydrogens (tertiary/aromatic N) is 1. The molecule has 0 bridgehead atoms. The quantitative estimate of drug-likeness (QED) is 0.870. The monoisotopic (exact) mass is 289 g/mol. The predicted molar refractivity (Wildman–Crippen MR) is 83.4 cm³/mol. The van der Waals surface area contributed by atoms with Gasteiger partial charge < -0.3 is 15.5 Å². The lowest BCUT2D eigenvalue weighted by Gasteiger charge is -2.26. The first-order chi connectivity index (χ1) is 10.2. The second-order valence-electron chi connectivity index (χ2n) is 5.23. The molecule has 0 aromatic heterocycles. The molecule has 1 heterocycles. The Labute approximate surface area is 125 Å². The Balaban J connectivity index is 1.83. The topological polar surface area (TPSA) is 61.4 Å². The third-order valence-corrected chi connectivity index (χ3v) is 3.64. The van der Waals surface area contributed by atoms with Crippen LogP contribution in [0.25, 0.3) is 0 Å². The van der Waals surface area contributed by atoms with Gasteiger partial charge in [-0.15, -0.1) is 0 Å². The summed E-state index contributed by atoms with van der Waals surface area (Å²) in [5.41, 5.74) is 1.48. The Morgan fingerprint density at radius 2 is 1.76 bits per heavy atom. The van der Waals surface area contributed by atoms with Gasteiger partial charge in [-0.2, -0.15) is 0 Å². The van der Waals surface area contributed by atoms with E-state index in [1.807, 2.05) is 24.0 Å². The molecule has 1 saturated heterocycles. The first-order valence-corrected chi connectivity index (χ1v) is 7.60. The molecule has 1 aliphatic heterocycles. The van der Waals surface area contributed by atoms with Crippen molar-refractivity contribution in [2.24, 2.45) is 0 Å². The highest BCUT2D eigenvalue weighted by Crippen LogP contribution is 2.11. The van der Waals surface area contributed by atoms with E-state index in [1.165, 1.54) is 6.42 Å². The number of hydrogen-bond donors (Lipinski definition) is 2. The maximum atomic E-state index is 12.0. The molecule has 1 aromatic rings. The molecule has 2 N–H and O–H groups in total. The lowest BCUT2D eigenvalue weighted by atomic mass is 10.1. The molecule has 1 aliphatic rings. The molecular formula is C16H23N3O2. The number of benzene rings is 1. The molecule has 0 unspecified atom stereocenters. The maximum Gasteiger partial charge on any atom is 0.251 e. The fourth-order valence-corrected chi connectivity index (χ4v) is 2.43. The Morgan fingerprint density at radius 1 is 1.10 bits per heavy atom. The van der Waals surface area contributed by atoms with Gasteiger partial charge in [-0.05, 0) is 50.5 Å². The fourth-order valence-electron chi connectivity index (χ4n) is 2.43. The first-order valence-electron chi connectivity index (χ1n) is 7.60. The van der Waals surface area contributed by atoms with Gasteiger partial charge in [0.15, 0.2) is 0 Å². The van der Waals surface area contributed by atoms with Crippen LogP contribution in [0.2, 0.25) is 0 Å². The Kier molecular flexibility index (Phi) is 5.60. The molecule has 0 aliphatic carbocycles. The van der Waals surface area contributed by atoms with Crippen LogP contribution >= 0.6 is 0 Å². The first kappa shape index (κ1) is 15.4. The number of anilines is 1. The average Bonchev–Trinajstić information content (AvgIpc) is 2.54. The summed E-state index contributed by atoms with van der Waals surface area (Å²) in [5, 5.41) is 5.87. The second kappa shape index (κ2) is 7.67. The predicted octanol–water partition coefficient (Wildman–Crippen LogP) is 1.86. The maximum absolute atomic E-state index is 12.0. The van der Waals surface area contributed by atoms with Crippen molar-refractivity contribution in [3.05, 3.63) is 29.8 Å². The summed E-state index contributed by atoms with van der Waals surface area (Å²) >= 11 is 0. The van der Waals surface area contributed by atoms with Crippen molar-refractivity contribution >= 4 is 17.5 Å². The van der Waals surface area contributed by atoms with E-state index < -0.39 is 0 Å². The van der Waals surface area contributed by atoms with Crippen molar-refractivity contribution in [2.45, 2.75) is 26.2 Å². The molecule has 0 atom stereocenters. The van der Waals surface area contributed by atoms with Crippen LogP contribution in [0.4, 0.5) is 5.69 Å². The van der Waals surface area contributed by atoms with Crippen LogP contribution in [0.5, 0.6) is 0 Å². The molecule has 0 spiro atoms. The van der Waals surface area contributed by atoms with Gasteiger partial charge in [0.05, 0.1) is 6.54 Å². The van der Waals surface area contributed by atoms with Crippen molar-refractivity contribution < 1.29 is 9.59 Å². The molecule has 2 amide bonds. The number of hydrogen-bond acceptors (Lipinski definition) is 3. The summed E-state index contributed by atoms with van der Waals surface area (Å²) in [6.45, 7) is 4.55. The molecule has 114 valence electrons. The van der Waals surface area contributed by atoms with Gasteiger partial charge >= 0.3 is 0 Å². The van der Waals surface area contributed by atoms with Crippen LogP contribution in [0.1, 0.15) is 36.5 Å². The van der Waals surface area contributed by atoms with Crippen LogP contribution in [-0.2, 0) is 4.79 Å². The van der Waals surface area contributed by atoms with Crippen molar-refractivity contribution in [3.63, 3.8) is 0 Å². The van der Waals surface area contributed by atoms with Crippen molar-refractivity contribution in [2.75, 3.05) is 31.5 Å². The highest BCUT2D eigenvalue weighted by Gasteiger charge is 2.15. The van der Waals surface area contributed by atoms with Gasteiger partial charge in [-0.1, -0.05) is 0 Å². The number of carbonyl (C=O) groups is 2. The minimum Gasteiger partial charge on any atom is -0.376 e. The van der Waals surface area contributed by atoms with E-state index in [0.717, 1.165) is 31.6 Å². The Bertz CT molecular complexity index is 479. The Morgan fingerprint density at radius 3 is 2.38 bits per heavy atom. The molecule has 1 aromatic carbocycles. The van der Waals surface area contributed by atoms with E-state index in [9.17, 15) is 9.59 Å². The molecule has 1 fully saturated rings. The molecule has 0 radical (unpaired) electrons. The van der Waals surface area contributed by atoms with Crippen molar-refractivity contribution in [3.8, 4) is 0 Å². The van der Waals surface area contributed by atoms with Crippen LogP contribution in [0.15, 0.2) is 24.3 Å². The molecular weight excluding hydrogens is 266 g/mol. The molecule has 5 heteroatoms. The van der Waals surface area contributed by atoms with Gasteiger partial charge in [0.1, 0.15) is 0 Å². The number of rotatable bonds is 5. The molecule has 5 nitrogen and oxygen atoms in total. The van der Waals surface area contributed by atoms with Gasteiger partial charge in [0, 0.05) is 30.9 Å². The molecule has 0 saturated carbocycles. The summed E-state index contributed by atoms with van der Waals surface area (Å²) in [7, 11) is 0. The highest BCUT2D eigenvalue weighted by molar-refractivity contribution is 5.94. The van der Waals surface area contributed by atoms with Gasteiger partial charge in [-0.3, -0.25) is 9.59 Å². The average molecular weight is 289 g/mol. The van der Waals surface area contributed by atoms with E-state index in [1.54, 1.807) is 12.1 Å². The zero-order valence-corrected chi connectivity index (χ0v) is 12.5. The lowest BCUT2D eigenvalue weighted by molar-refractivity contribution is -0.130. The van der Waals surface area contributed by atoms with Crippen molar-refractivity contribution in [1.82, 2.24) is 10.2 Å². The fraction of sp³-hybridized carbons (Fsp3) is 0.500. The van der Waals surface area contributed by atoms with Gasteiger partial charge in [0.25, 0.3) is 5.91 Å². The Hall–Kier alpha value is -2.04. The molecule has 21 heavy (non-hydrogen) atoms. The number of likely N-dealkylation sites (tertiary alicyclic amines) is 1. The van der Waals surface area contributed by atoms with Gasteiger partial charge in [0.2, 0.25) is 5.91 Å². The summed E-state index contributed by atoms with van der Waals surface area (Å²) < 4.78 is 0. The third-order valence-electron chi connectivity index (χ3n) is 3.64.